The number of fused-ring (bicyclic) bond motifs is 2. The Kier molecular flexibility index (Phi) is 6.29. The molecule has 35 heavy (non-hydrogen) atoms. The first-order valence-corrected chi connectivity index (χ1v) is 12.2. The van der Waals surface area contributed by atoms with Crippen LogP contribution in [0.1, 0.15) is 17.1 Å². The van der Waals surface area contributed by atoms with E-state index in [1.54, 1.807) is 0 Å². The van der Waals surface area contributed by atoms with Crippen LogP contribution >= 0.6 is 12.6 Å². The summed E-state index contributed by atoms with van der Waals surface area (Å²) in [5.41, 5.74) is 3.29. The van der Waals surface area contributed by atoms with Gasteiger partial charge in [0.25, 0.3) is 11.7 Å². The highest BCUT2D eigenvalue weighted by molar-refractivity contribution is 7.79. The third-order valence-corrected chi connectivity index (χ3v) is 6.90. The van der Waals surface area contributed by atoms with Gasteiger partial charge in [-0.3, -0.25) is 4.79 Å². The number of carbonyl (C=O) groups excluding carboxylic acids is 1. The zero-order chi connectivity index (χ0) is 24.5. The van der Waals surface area contributed by atoms with E-state index < -0.39 is 17.6 Å². The number of aliphatic hydroxyl groups is 3. The van der Waals surface area contributed by atoms with Crippen molar-refractivity contribution >= 4 is 40.8 Å². The monoisotopic (exact) mass is 493 g/mol. The quantitative estimate of drug-likeness (QED) is 0.249. The van der Waals surface area contributed by atoms with Gasteiger partial charge in [0.2, 0.25) is 0 Å². The van der Waals surface area contributed by atoms with Gasteiger partial charge in [0.1, 0.15) is 11.6 Å². The molecule has 0 radical (unpaired) electrons. The number of aliphatic hydroxyl groups excluding tert-OH is 2. The number of benzene rings is 2. The molecule has 3 N–H and O–H groups in total. The third-order valence-electron chi connectivity index (χ3n) is 6.62. The van der Waals surface area contributed by atoms with Gasteiger partial charge >= 0.3 is 5.95 Å². The van der Waals surface area contributed by atoms with Crippen LogP contribution in [-0.2, 0) is 23.5 Å². The number of hydrogen-bond acceptors (Lipinski definition) is 9. The molecular formula is C25H27N5O4S. The molecule has 2 aliphatic rings. The molecule has 0 unspecified atom stereocenters. The molecule has 2 aromatic carbocycles. The van der Waals surface area contributed by atoms with Gasteiger partial charge in [-0.2, -0.15) is 12.6 Å². The van der Waals surface area contributed by atoms with Crippen molar-refractivity contribution in [2.24, 2.45) is 0 Å². The van der Waals surface area contributed by atoms with Crippen molar-refractivity contribution in [1.29, 1.82) is 0 Å². The number of carbonyl (C=O) groups is 1. The van der Waals surface area contributed by atoms with Crippen LogP contribution < -0.4 is 9.80 Å². The number of nitrogens with zero attached hydrogens (tertiary/aromatic N) is 5. The molecule has 9 nitrogen and oxygen atoms in total. The van der Waals surface area contributed by atoms with E-state index in [0.29, 0.717) is 44.3 Å². The number of amides is 1. The van der Waals surface area contributed by atoms with Gasteiger partial charge in [-0.05, 0) is 17.9 Å². The summed E-state index contributed by atoms with van der Waals surface area (Å²) in [6, 6.07) is 14.7. The zero-order valence-corrected chi connectivity index (χ0v) is 20.0. The first-order valence-electron chi connectivity index (χ1n) is 11.5. The Morgan fingerprint density at radius 2 is 1.66 bits per heavy atom. The predicted octanol–water partition coefficient (Wildman–Crippen LogP) is 3.11. The molecule has 0 aliphatic carbocycles. The molecule has 0 atom stereocenters. The lowest BCUT2D eigenvalue weighted by Crippen LogP contribution is -2.50. The Morgan fingerprint density at radius 1 is 0.914 bits per heavy atom. The molecule has 1 amide bonds. The summed E-state index contributed by atoms with van der Waals surface area (Å²) in [6.07, 6.45) is 0.793. The van der Waals surface area contributed by atoms with E-state index in [2.05, 4.69) is 58.8 Å². The lowest BCUT2D eigenvalue weighted by Gasteiger charge is -2.38. The summed E-state index contributed by atoms with van der Waals surface area (Å²) in [5, 5.41) is 30.0. The molecule has 3 heterocycles. The first-order chi connectivity index (χ1) is 17.0. The van der Waals surface area contributed by atoms with Crippen LogP contribution in [0, 0.1) is 0 Å². The van der Waals surface area contributed by atoms with Crippen LogP contribution in [0.3, 0.4) is 0 Å². The second-order valence-corrected chi connectivity index (χ2v) is 8.98. The van der Waals surface area contributed by atoms with Crippen LogP contribution in [0.4, 0.5) is 11.5 Å². The van der Waals surface area contributed by atoms with Crippen LogP contribution in [-0.4, -0.2) is 68.8 Å². The molecule has 1 fully saturated rings. The van der Waals surface area contributed by atoms with E-state index in [4.69, 9.17) is 20.2 Å². The van der Waals surface area contributed by atoms with Gasteiger partial charge in [0, 0.05) is 49.4 Å². The van der Waals surface area contributed by atoms with Crippen LogP contribution in [0.2, 0.25) is 0 Å². The van der Waals surface area contributed by atoms with E-state index in [1.165, 1.54) is 21.4 Å². The van der Waals surface area contributed by atoms with Gasteiger partial charge < -0.3 is 30.0 Å². The fraction of sp³-hybridized carbons (Fsp3) is 0.320. The summed E-state index contributed by atoms with van der Waals surface area (Å²) in [6.45, 7) is 3.18. The molecule has 182 valence electrons. The molecule has 5 rings (SSSR count). The van der Waals surface area contributed by atoms with Crippen molar-refractivity contribution in [1.82, 2.24) is 14.9 Å². The van der Waals surface area contributed by atoms with Gasteiger partial charge in [0.05, 0.1) is 18.0 Å². The highest BCUT2D eigenvalue weighted by Gasteiger charge is 2.30. The fourth-order valence-electron chi connectivity index (χ4n) is 4.85. The summed E-state index contributed by atoms with van der Waals surface area (Å²) in [5.74, 6) is -1.25. The number of aromatic nitrogens is 2. The summed E-state index contributed by atoms with van der Waals surface area (Å²) < 4.78 is 0. The Bertz CT molecular complexity index is 1300. The van der Waals surface area contributed by atoms with Crippen molar-refractivity contribution < 1.29 is 20.1 Å². The second-order valence-electron chi connectivity index (χ2n) is 8.67. The zero-order valence-electron chi connectivity index (χ0n) is 19.1. The largest absolute Gasteiger partial charge is 0.498 e. The van der Waals surface area contributed by atoms with E-state index in [0.717, 1.165) is 30.0 Å². The van der Waals surface area contributed by atoms with Crippen molar-refractivity contribution in [2.75, 3.05) is 42.5 Å². The summed E-state index contributed by atoms with van der Waals surface area (Å²) in [7, 11) is 0. The Morgan fingerprint density at radius 3 is 2.40 bits per heavy atom. The average molecular weight is 494 g/mol. The Hall–Kier alpha value is -3.66. The standard InChI is InChI=1S/C25H27N5O4S/c31-22(25(33)34)24(32)29-12-10-28(11-13-29)23-18-8-9-30(14-19(18)26-21(15-35)27-23)20-7-3-5-16-4-1-2-6-17(16)20/h1-7,31,33-35H,8-15H2. The topological polar surface area (TPSA) is 113 Å². The van der Waals surface area contributed by atoms with Gasteiger partial charge in [-0.25, -0.2) is 9.97 Å². The molecule has 10 heteroatoms. The van der Waals surface area contributed by atoms with Crippen LogP contribution in [0.15, 0.2) is 54.2 Å². The number of hydrogen-bond donors (Lipinski definition) is 4. The average Bonchev–Trinajstić information content (AvgIpc) is 2.91. The normalized spacial score (nSPS) is 15.7. The minimum Gasteiger partial charge on any atom is -0.498 e. The molecule has 1 saturated heterocycles. The first kappa shape index (κ1) is 23.1. The molecular weight excluding hydrogens is 466 g/mol. The number of thiol groups is 1. The smallest absolute Gasteiger partial charge is 0.324 e. The van der Waals surface area contributed by atoms with Crippen molar-refractivity contribution in [3.63, 3.8) is 0 Å². The Labute approximate surface area is 208 Å². The number of piperazine rings is 1. The predicted molar refractivity (Wildman–Crippen MR) is 137 cm³/mol. The minimum atomic E-state index is -1.36. The van der Waals surface area contributed by atoms with Crippen molar-refractivity contribution in [3.8, 4) is 0 Å². The highest BCUT2D eigenvalue weighted by Crippen LogP contribution is 2.33. The molecule has 0 saturated carbocycles. The van der Waals surface area contributed by atoms with E-state index >= 15 is 0 Å². The van der Waals surface area contributed by atoms with Crippen molar-refractivity contribution in [3.05, 3.63) is 71.3 Å². The van der Waals surface area contributed by atoms with E-state index in [9.17, 15) is 9.90 Å². The number of rotatable bonds is 4. The minimum absolute atomic E-state index is 0.327. The lowest BCUT2D eigenvalue weighted by molar-refractivity contribution is -0.131. The maximum atomic E-state index is 12.2. The van der Waals surface area contributed by atoms with Crippen LogP contribution in [0.25, 0.3) is 10.8 Å². The molecule has 0 spiro atoms. The Balaban J connectivity index is 1.40. The summed E-state index contributed by atoms with van der Waals surface area (Å²) in [4.78, 5) is 27.7. The molecule has 2 aliphatic heterocycles. The van der Waals surface area contributed by atoms with Crippen LogP contribution in [0.5, 0.6) is 0 Å². The molecule has 1 aromatic heterocycles. The third kappa shape index (κ3) is 4.41. The van der Waals surface area contributed by atoms with Gasteiger partial charge in [0.15, 0.2) is 0 Å². The number of anilines is 2. The summed E-state index contributed by atoms with van der Waals surface area (Å²) >= 11 is 4.42. The SMILES string of the molecule is O=C(C(O)=C(O)O)N1CCN(c2nc(CS)nc3c2CCN(c2cccc4ccccc24)C3)CC1. The maximum absolute atomic E-state index is 12.2. The maximum Gasteiger partial charge on any atom is 0.324 e. The van der Waals surface area contributed by atoms with E-state index in [-0.39, 0.29) is 0 Å². The van der Waals surface area contributed by atoms with E-state index in [1.807, 2.05) is 6.07 Å². The van der Waals surface area contributed by atoms with Gasteiger partial charge in [-0.1, -0.05) is 36.4 Å². The second kappa shape index (κ2) is 9.53. The highest BCUT2D eigenvalue weighted by atomic mass is 32.1. The molecule has 0 bridgehead atoms. The van der Waals surface area contributed by atoms with Crippen molar-refractivity contribution in [2.45, 2.75) is 18.7 Å². The van der Waals surface area contributed by atoms with Gasteiger partial charge in [-0.15, -0.1) is 0 Å². The molecule has 3 aromatic rings. The fourth-order valence-corrected chi connectivity index (χ4v) is 4.99. The lowest BCUT2D eigenvalue weighted by atomic mass is 10.0.